The summed E-state index contributed by atoms with van der Waals surface area (Å²) in [7, 11) is -3.46. The van der Waals surface area contributed by atoms with Crippen molar-refractivity contribution in [1.29, 1.82) is 0 Å². The van der Waals surface area contributed by atoms with Crippen LogP contribution in [0.25, 0.3) is 10.9 Å². The van der Waals surface area contributed by atoms with Crippen LogP contribution in [0.5, 0.6) is 0 Å². The Balaban J connectivity index is 1.37. The number of hydrogen-bond acceptors (Lipinski definition) is 5. The van der Waals surface area contributed by atoms with Gasteiger partial charge < -0.3 is 4.90 Å². The van der Waals surface area contributed by atoms with Gasteiger partial charge in [0.25, 0.3) is 0 Å². The molecule has 7 heteroatoms. The zero-order valence-electron chi connectivity index (χ0n) is 15.6. The standard InChI is InChI=1S/C21H22N4O2S/c26-28(27,18-9-8-16-4-3-5-17(16)14-18)25-12-10-24(11-13-25)21-19-6-1-2-7-20(19)22-15-23-21/h1-2,6-9,14-15H,3-5,10-13H2. The van der Waals surface area contributed by atoms with Gasteiger partial charge >= 0.3 is 0 Å². The van der Waals surface area contributed by atoms with Crippen molar-refractivity contribution in [3.63, 3.8) is 0 Å². The number of piperazine rings is 1. The Bertz CT molecular complexity index is 1130. The number of rotatable bonds is 3. The summed E-state index contributed by atoms with van der Waals surface area (Å²) < 4.78 is 27.8. The minimum absolute atomic E-state index is 0.425. The van der Waals surface area contributed by atoms with Crippen LogP contribution in [0.15, 0.2) is 53.7 Å². The molecule has 3 aromatic rings. The normalized spacial score (nSPS) is 17.8. The summed E-state index contributed by atoms with van der Waals surface area (Å²) in [5, 5.41) is 1.000. The molecule has 1 fully saturated rings. The number of nitrogens with zero attached hydrogens (tertiary/aromatic N) is 4. The summed E-state index contributed by atoms with van der Waals surface area (Å²) in [5.74, 6) is 0.875. The quantitative estimate of drug-likeness (QED) is 0.683. The molecule has 0 bridgehead atoms. The molecule has 28 heavy (non-hydrogen) atoms. The smallest absolute Gasteiger partial charge is 0.243 e. The molecule has 1 aliphatic heterocycles. The van der Waals surface area contributed by atoms with E-state index >= 15 is 0 Å². The third-order valence-electron chi connectivity index (χ3n) is 5.77. The van der Waals surface area contributed by atoms with Crippen LogP contribution in [0.4, 0.5) is 5.82 Å². The van der Waals surface area contributed by atoms with Gasteiger partial charge in [-0.15, -0.1) is 0 Å². The van der Waals surface area contributed by atoms with Crippen LogP contribution in [0.3, 0.4) is 0 Å². The van der Waals surface area contributed by atoms with E-state index in [1.54, 1.807) is 16.7 Å². The third kappa shape index (κ3) is 2.95. The van der Waals surface area contributed by atoms with Gasteiger partial charge in [0.1, 0.15) is 12.1 Å². The fraction of sp³-hybridized carbons (Fsp3) is 0.333. The number of aryl methyl sites for hydroxylation is 2. The van der Waals surface area contributed by atoms with Crippen molar-refractivity contribution in [2.75, 3.05) is 31.1 Å². The molecule has 1 aliphatic carbocycles. The second kappa shape index (κ2) is 6.83. The second-order valence-electron chi connectivity index (χ2n) is 7.39. The van der Waals surface area contributed by atoms with E-state index in [1.165, 1.54) is 11.1 Å². The molecular formula is C21H22N4O2S. The van der Waals surface area contributed by atoms with E-state index in [2.05, 4.69) is 14.9 Å². The fourth-order valence-corrected chi connectivity index (χ4v) is 5.71. The first-order valence-electron chi connectivity index (χ1n) is 9.69. The molecule has 0 spiro atoms. The van der Waals surface area contributed by atoms with E-state index in [4.69, 9.17) is 0 Å². The Labute approximate surface area is 164 Å². The highest BCUT2D eigenvalue weighted by atomic mass is 32.2. The molecule has 0 radical (unpaired) electrons. The number of fused-ring (bicyclic) bond motifs is 2. The summed E-state index contributed by atoms with van der Waals surface area (Å²) >= 11 is 0. The summed E-state index contributed by atoms with van der Waals surface area (Å²) in [4.78, 5) is 11.4. The van der Waals surface area contributed by atoms with Gasteiger partial charge in [0, 0.05) is 31.6 Å². The monoisotopic (exact) mass is 394 g/mol. The third-order valence-corrected chi connectivity index (χ3v) is 7.66. The highest BCUT2D eigenvalue weighted by Crippen LogP contribution is 2.28. The first-order valence-corrected chi connectivity index (χ1v) is 11.1. The minimum atomic E-state index is -3.46. The van der Waals surface area contributed by atoms with Gasteiger partial charge in [-0.2, -0.15) is 4.31 Å². The Hall–Kier alpha value is -2.51. The molecule has 0 saturated carbocycles. The highest BCUT2D eigenvalue weighted by molar-refractivity contribution is 7.89. The van der Waals surface area contributed by atoms with Crippen LogP contribution >= 0.6 is 0 Å². The van der Waals surface area contributed by atoms with Gasteiger partial charge in [-0.3, -0.25) is 0 Å². The van der Waals surface area contributed by atoms with E-state index in [0.717, 1.165) is 36.0 Å². The molecule has 5 rings (SSSR count). The van der Waals surface area contributed by atoms with Gasteiger partial charge in [0.05, 0.1) is 10.4 Å². The topological polar surface area (TPSA) is 66.4 Å². The lowest BCUT2D eigenvalue weighted by Crippen LogP contribution is -2.49. The first kappa shape index (κ1) is 17.6. The SMILES string of the molecule is O=S(=O)(c1ccc2c(c1)CCC2)N1CCN(c2ncnc3ccccc23)CC1. The summed E-state index contributed by atoms with van der Waals surface area (Å²) in [6, 6.07) is 13.5. The lowest BCUT2D eigenvalue weighted by atomic mass is 10.1. The zero-order chi connectivity index (χ0) is 19.1. The van der Waals surface area contributed by atoms with E-state index < -0.39 is 10.0 Å². The maximum atomic E-state index is 13.1. The van der Waals surface area contributed by atoms with Gasteiger partial charge in [-0.05, 0) is 54.7 Å². The average Bonchev–Trinajstić information content (AvgIpc) is 3.21. The minimum Gasteiger partial charge on any atom is -0.353 e. The molecule has 0 amide bonds. The number of sulfonamides is 1. The predicted octanol–water partition coefficient (Wildman–Crippen LogP) is 2.63. The van der Waals surface area contributed by atoms with Crippen molar-refractivity contribution in [1.82, 2.24) is 14.3 Å². The Morgan fingerprint density at radius 1 is 0.857 bits per heavy atom. The van der Waals surface area contributed by atoms with E-state index in [1.807, 2.05) is 36.4 Å². The van der Waals surface area contributed by atoms with Gasteiger partial charge in [0.15, 0.2) is 0 Å². The van der Waals surface area contributed by atoms with Crippen molar-refractivity contribution in [3.8, 4) is 0 Å². The Kier molecular flexibility index (Phi) is 4.29. The van der Waals surface area contributed by atoms with Gasteiger partial charge in [-0.1, -0.05) is 18.2 Å². The lowest BCUT2D eigenvalue weighted by molar-refractivity contribution is 0.384. The van der Waals surface area contributed by atoms with Crippen LogP contribution in [-0.2, 0) is 22.9 Å². The number of hydrogen-bond donors (Lipinski definition) is 0. The molecule has 0 atom stereocenters. The van der Waals surface area contributed by atoms with E-state index in [0.29, 0.717) is 31.1 Å². The second-order valence-corrected chi connectivity index (χ2v) is 9.33. The zero-order valence-corrected chi connectivity index (χ0v) is 16.4. The van der Waals surface area contributed by atoms with Gasteiger partial charge in [-0.25, -0.2) is 18.4 Å². The summed E-state index contributed by atoms with van der Waals surface area (Å²) in [6.07, 6.45) is 4.73. The van der Waals surface area contributed by atoms with Crippen molar-refractivity contribution in [2.24, 2.45) is 0 Å². The Morgan fingerprint density at radius 2 is 1.64 bits per heavy atom. The maximum absolute atomic E-state index is 13.1. The maximum Gasteiger partial charge on any atom is 0.243 e. The largest absolute Gasteiger partial charge is 0.353 e. The highest BCUT2D eigenvalue weighted by Gasteiger charge is 2.30. The predicted molar refractivity (Wildman–Crippen MR) is 109 cm³/mol. The molecule has 2 aromatic carbocycles. The molecule has 1 saturated heterocycles. The fourth-order valence-electron chi connectivity index (χ4n) is 4.24. The Morgan fingerprint density at radius 3 is 2.50 bits per heavy atom. The van der Waals surface area contributed by atoms with Crippen LogP contribution in [0, 0.1) is 0 Å². The van der Waals surface area contributed by atoms with Crippen LogP contribution in [0.2, 0.25) is 0 Å². The average molecular weight is 395 g/mol. The first-order chi connectivity index (χ1) is 13.6. The molecule has 2 heterocycles. The molecule has 2 aliphatic rings. The number of anilines is 1. The van der Waals surface area contributed by atoms with Crippen molar-refractivity contribution in [3.05, 3.63) is 59.9 Å². The van der Waals surface area contributed by atoms with Crippen LogP contribution in [0.1, 0.15) is 17.5 Å². The van der Waals surface area contributed by atoms with Crippen LogP contribution in [-0.4, -0.2) is 48.9 Å². The summed E-state index contributed by atoms with van der Waals surface area (Å²) in [5.41, 5.74) is 3.38. The van der Waals surface area contributed by atoms with Crippen molar-refractivity contribution < 1.29 is 8.42 Å². The van der Waals surface area contributed by atoms with Gasteiger partial charge in [0.2, 0.25) is 10.0 Å². The molecule has 1 aromatic heterocycles. The van der Waals surface area contributed by atoms with E-state index in [-0.39, 0.29) is 0 Å². The lowest BCUT2D eigenvalue weighted by Gasteiger charge is -2.35. The molecule has 0 unspecified atom stereocenters. The van der Waals surface area contributed by atoms with Crippen molar-refractivity contribution in [2.45, 2.75) is 24.2 Å². The molecule has 6 nitrogen and oxygen atoms in total. The number of para-hydroxylation sites is 1. The number of benzene rings is 2. The molecular weight excluding hydrogens is 372 g/mol. The van der Waals surface area contributed by atoms with Crippen molar-refractivity contribution >= 4 is 26.7 Å². The summed E-state index contributed by atoms with van der Waals surface area (Å²) in [6.45, 7) is 2.14. The molecule has 0 N–H and O–H groups in total. The number of aromatic nitrogens is 2. The van der Waals surface area contributed by atoms with E-state index in [9.17, 15) is 8.42 Å². The molecule has 144 valence electrons. The van der Waals surface area contributed by atoms with Crippen LogP contribution < -0.4 is 4.90 Å².